The average molecular weight is 184 g/mol. The van der Waals surface area contributed by atoms with Crippen molar-refractivity contribution in [3.63, 3.8) is 0 Å². The van der Waals surface area contributed by atoms with Crippen LogP contribution in [-0.4, -0.2) is 5.97 Å². The minimum Gasteiger partial charge on any atom is -0.432 e. The molecule has 0 fully saturated rings. The third kappa shape index (κ3) is 4.71. The molecule has 0 rings (SSSR count). The maximum absolute atomic E-state index is 11.5. The summed E-state index contributed by atoms with van der Waals surface area (Å²) in [6, 6.07) is 0. The smallest absolute Gasteiger partial charge is 0.316 e. The standard InChI is InChI=1S/C11H20O2/c1-6-7-8-11(4,5)10(12)13-9(2)3/h2,6-8H2,1,3-5H3. The highest BCUT2D eigenvalue weighted by atomic mass is 16.5. The Morgan fingerprint density at radius 1 is 1.46 bits per heavy atom. The van der Waals surface area contributed by atoms with Gasteiger partial charge < -0.3 is 4.74 Å². The SMILES string of the molecule is C=C(C)OC(=O)C(C)(C)CCCC. The van der Waals surface area contributed by atoms with Gasteiger partial charge in [0.15, 0.2) is 0 Å². The number of unbranched alkanes of at least 4 members (excludes halogenated alkanes) is 1. The zero-order valence-corrected chi connectivity index (χ0v) is 9.14. The Labute approximate surface area is 81.0 Å². The summed E-state index contributed by atoms with van der Waals surface area (Å²) >= 11 is 0. The van der Waals surface area contributed by atoms with Crippen LogP contribution in [0.1, 0.15) is 47.0 Å². The van der Waals surface area contributed by atoms with Crippen LogP contribution in [-0.2, 0) is 9.53 Å². The van der Waals surface area contributed by atoms with E-state index in [0.717, 1.165) is 19.3 Å². The summed E-state index contributed by atoms with van der Waals surface area (Å²) in [6.45, 7) is 11.2. The van der Waals surface area contributed by atoms with Gasteiger partial charge in [0.05, 0.1) is 11.2 Å². The van der Waals surface area contributed by atoms with E-state index in [4.69, 9.17) is 4.74 Å². The molecule has 0 saturated heterocycles. The second kappa shape index (κ2) is 5.05. The molecule has 0 aliphatic heterocycles. The number of carbonyl (C=O) groups excluding carboxylic acids is 1. The predicted molar refractivity (Wildman–Crippen MR) is 54.2 cm³/mol. The minimum absolute atomic E-state index is 0.173. The molecule has 0 spiro atoms. The first-order valence-electron chi connectivity index (χ1n) is 4.78. The Balaban J connectivity index is 4.10. The Morgan fingerprint density at radius 2 is 2.00 bits per heavy atom. The van der Waals surface area contributed by atoms with Crippen LogP contribution in [0.15, 0.2) is 12.3 Å². The van der Waals surface area contributed by atoms with Gasteiger partial charge in [-0.15, -0.1) is 0 Å². The Hall–Kier alpha value is -0.790. The molecule has 0 bridgehead atoms. The lowest BCUT2D eigenvalue weighted by Crippen LogP contribution is -2.25. The molecule has 0 aliphatic carbocycles. The first-order chi connectivity index (χ1) is 5.90. The first-order valence-corrected chi connectivity index (χ1v) is 4.78. The maximum Gasteiger partial charge on any atom is 0.316 e. The second-order valence-electron chi connectivity index (χ2n) is 4.08. The van der Waals surface area contributed by atoms with Crippen LogP contribution < -0.4 is 0 Å². The van der Waals surface area contributed by atoms with Gasteiger partial charge in [-0.25, -0.2) is 0 Å². The van der Waals surface area contributed by atoms with E-state index >= 15 is 0 Å². The largest absolute Gasteiger partial charge is 0.432 e. The molecule has 0 aromatic carbocycles. The summed E-state index contributed by atoms with van der Waals surface area (Å²) in [7, 11) is 0. The van der Waals surface area contributed by atoms with Crippen molar-refractivity contribution >= 4 is 5.97 Å². The van der Waals surface area contributed by atoms with E-state index < -0.39 is 0 Å². The monoisotopic (exact) mass is 184 g/mol. The van der Waals surface area contributed by atoms with Crippen LogP contribution in [0.25, 0.3) is 0 Å². The van der Waals surface area contributed by atoms with Gasteiger partial charge in [-0.2, -0.15) is 0 Å². The molecule has 0 saturated carbocycles. The van der Waals surface area contributed by atoms with Gasteiger partial charge >= 0.3 is 5.97 Å². The highest BCUT2D eigenvalue weighted by molar-refractivity contribution is 5.76. The van der Waals surface area contributed by atoms with Gasteiger partial charge in [0.2, 0.25) is 0 Å². The molecule has 2 heteroatoms. The summed E-state index contributed by atoms with van der Waals surface area (Å²) in [5.41, 5.74) is -0.380. The Morgan fingerprint density at radius 3 is 2.38 bits per heavy atom. The lowest BCUT2D eigenvalue weighted by Gasteiger charge is -2.21. The summed E-state index contributed by atoms with van der Waals surface area (Å²) < 4.78 is 4.98. The molecule has 0 N–H and O–H groups in total. The van der Waals surface area contributed by atoms with E-state index in [1.165, 1.54) is 0 Å². The quantitative estimate of drug-likeness (QED) is 0.484. The summed E-state index contributed by atoms with van der Waals surface area (Å²) in [6.07, 6.45) is 3.03. The van der Waals surface area contributed by atoms with Crippen molar-refractivity contribution < 1.29 is 9.53 Å². The third-order valence-corrected chi connectivity index (χ3v) is 1.97. The van der Waals surface area contributed by atoms with Crippen molar-refractivity contribution in [2.75, 3.05) is 0 Å². The number of hydrogen-bond donors (Lipinski definition) is 0. The summed E-state index contributed by atoms with van der Waals surface area (Å²) in [4.78, 5) is 11.5. The number of esters is 1. The lowest BCUT2D eigenvalue weighted by atomic mass is 9.87. The Kier molecular flexibility index (Phi) is 4.74. The van der Waals surface area contributed by atoms with Crippen LogP contribution in [0.4, 0.5) is 0 Å². The van der Waals surface area contributed by atoms with E-state index in [1.807, 2.05) is 13.8 Å². The van der Waals surface area contributed by atoms with Crippen molar-refractivity contribution in [2.45, 2.75) is 47.0 Å². The van der Waals surface area contributed by atoms with Crippen LogP contribution in [0.3, 0.4) is 0 Å². The van der Waals surface area contributed by atoms with Gasteiger partial charge in [-0.1, -0.05) is 26.3 Å². The number of ether oxygens (including phenoxy) is 1. The number of carbonyl (C=O) groups is 1. The zero-order valence-electron chi connectivity index (χ0n) is 9.14. The topological polar surface area (TPSA) is 26.3 Å². The molecule has 0 amide bonds. The summed E-state index contributed by atoms with van der Waals surface area (Å²) in [5.74, 6) is 0.294. The molecule has 0 aromatic heterocycles. The van der Waals surface area contributed by atoms with Crippen molar-refractivity contribution in [1.82, 2.24) is 0 Å². The van der Waals surface area contributed by atoms with Gasteiger partial charge in [-0.05, 0) is 27.2 Å². The maximum atomic E-state index is 11.5. The van der Waals surface area contributed by atoms with E-state index in [9.17, 15) is 4.79 Å². The van der Waals surface area contributed by atoms with Crippen molar-refractivity contribution in [3.8, 4) is 0 Å². The molecule has 0 unspecified atom stereocenters. The molecule has 0 aliphatic rings. The van der Waals surface area contributed by atoms with Crippen molar-refractivity contribution in [2.24, 2.45) is 5.41 Å². The third-order valence-electron chi connectivity index (χ3n) is 1.97. The van der Waals surface area contributed by atoms with E-state index in [-0.39, 0.29) is 11.4 Å². The van der Waals surface area contributed by atoms with Gasteiger partial charge in [0, 0.05) is 0 Å². The number of allylic oxidation sites excluding steroid dienone is 1. The van der Waals surface area contributed by atoms with E-state index in [0.29, 0.717) is 5.76 Å². The highest BCUT2D eigenvalue weighted by Crippen LogP contribution is 2.25. The molecule has 2 nitrogen and oxygen atoms in total. The van der Waals surface area contributed by atoms with Crippen LogP contribution in [0.5, 0.6) is 0 Å². The normalized spacial score (nSPS) is 11.1. The highest BCUT2D eigenvalue weighted by Gasteiger charge is 2.28. The predicted octanol–water partition coefficient (Wildman–Crippen LogP) is 3.28. The molecular weight excluding hydrogens is 164 g/mol. The molecule has 0 radical (unpaired) electrons. The fourth-order valence-electron chi connectivity index (χ4n) is 1.02. The lowest BCUT2D eigenvalue weighted by molar-refractivity contribution is -0.149. The average Bonchev–Trinajstić information content (AvgIpc) is 1.99. The number of rotatable bonds is 5. The van der Waals surface area contributed by atoms with E-state index in [1.54, 1.807) is 6.92 Å². The molecule has 76 valence electrons. The van der Waals surface area contributed by atoms with Crippen LogP contribution in [0, 0.1) is 5.41 Å². The minimum atomic E-state index is -0.380. The van der Waals surface area contributed by atoms with Gasteiger partial charge in [0.25, 0.3) is 0 Å². The molecule has 13 heavy (non-hydrogen) atoms. The molecule has 0 aromatic rings. The number of hydrogen-bond acceptors (Lipinski definition) is 2. The molecule has 0 atom stereocenters. The van der Waals surface area contributed by atoms with Crippen LogP contribution in [0.2, 0.25) is 0 Å². The zero-order chi connectivity index (χ0) is 10.5. The molecular formula is C11H20O2. The van der Waals surface area contributed by atoms with Crippen molar-refractivity contribution in [3.05, 3.63) is 12.3 Å². The summed E-state index contributed by atoms with van der Waals surface area (Å²) in [5, 5.41) is 0. The van der Waals surface area contributed by atoms with E-state index in [2.05, 4.69) is 13.5 Å². The van der Waals surface area contributed by atoms with Crippen molar-refractivity contribution in [1.29, 1.82) is 0 Å². The van der Waals surface area contributed by atoms with Crippen LogP contribution >= 0.6 is 0 Å². The second-order valence-corrected chi connectivity index (χ2v) is 4.08. The first kappa shape index (κ1) is 12.2. The molecule has 0 heterocycles. The van der Waals surface area contributed by atoms with Gasteiger partial charge in [-0.3, -0.25) is 4.79 Å². The fraction of sp³-hybridized carbons (Fsp3) is 0.727. The van der Waals surface area contributed by atoms with Gasteiger partial charge in [0.1, 0.15) is 0 Å². The fourth-order valence-corrected chi connectivity index (χ4v) is 1.02. The Bertz CT molecular complexity index is 192.